The Bertz CT molecular complexity index is 369. The van der Waals surface area contributed by atoms with E-state index in [0.29, 0.717) is 6.54 Å². The lowest BCUT2D eigenvalue weighted by atomic mass is 10.1. The van der Waals surface area contributed by atoms with Gasteiger partial charge in [-0.2, -0.15) is 5.10 Å². The molecule has 1 aromatic heterocycles. The molecule has 1 aliphatic rings. The Morgan fingerprint density at radius 2 is 2.29 bits per heavy atom. The molecule has 17 heavy (non-hydrogen) atoms. The Morgan fingerprint density at radius 1 is 1.47 bits per heavy atom. The standard InChI is InChI=1S/C12H17N3OS/c16-12(10-15-6-2-1-3-7-15)14-13-9-11-5-4-8-17-11/h4-5,8-9H,1-3,6-7,10H2,(H,14,16)/b13-9+. The number of hydrogen-bond donors (Lipinski definition) is 1. The Hall–Kier alpha value is -1.20. The van der Waals surface area contributed by atoms with Crippen LogP contribution >= 0.6 is 11.3 Å². The number of hydrazone groups is 1. The van der Waals surface area contributed by atoms with E-state index in [1.807, 2.05) is 17.5 Å². The lowest BCUT2D eigenvalue weighted by molar-refractivity contribution is -0.122. The molecule has 0 aromatic carbocycles. The molecule has 0 saturated carbocycles. The van der Waals surface area contributed by atoms with Gasteiger partial charge in [-0.3, -0.25) is 9.69 Å². The van der Waals surface area contributed by atoms with Crippen molar-refractivity contribution in [2.75, 3.05) is 19.6 Å². The lowest BCUT2D eigenvalue weighted by Gasteiger charge is -2.25. The fourth-order valence-electron chi connectivity index (χ4n) is 1.89. The van der Waals surface area contributed by atoms with Gasteiger partial charge in [-0.1, -0.05) is 12.5 Å². The molecule has 1 saturated heterocycles. The number of carbonyl (C=O) groups excluding carboxylic acids is 1. The maximum Gasteiger partial charge on any atom is 0.254 e. The van der Waals surface area contributed by atoms with Crippen LogP contribution in [0.2, 0.25) is 0 Å². The highest BCUT2D eigenvalue weighted by atomic mass is 32.1. The van der Waals surface area contributed by atoms with Crippen LogP contribution in [0.15, 0.2) is 22.6 Å². The second-order valence-corrected chi connectivity index (χ2v) is 5.12. The van der Waals surface area contributed by atoms with Gasteiger partial charge in [0.2, 0.25) is 0 Å². The predicted molar refractivity (Wildman–Crippen MR) is 70.3 cm³/mol. The number of likely N-dealkylation sites (tertiary alicyclic amines) is 1. The molecule has 0 bridgehead atoms. The summed E-state index contributed by atoms with van der Waals surface area (Å²) in [6.45, 7) is 2.52. The van der Waals surface area contributed by atoms with E-state index in [4.69, 9.17) is 0 Å². The first-order valence-electron chi connectivity index (χ1n) is 5.92. The normalized spacial score (nSPS) is 17.4. The van der Waals surface area contributed by atoms with Crippen molar-refractivity contribution in [2.24, 2.45) is 5.10 Å². The molecule has 1 fully saturated rings. The van der Waals surface area contributed by atoms with Gasteiger partial charge in [-0.15, -0.1) is 11.3 Å². The van der Waals surface area contributed by atoms with Crippen molar-refractivity contribution < 1.29 is 4.79 Å². The summed E-state index contributed by atoms with van der Waals surface area (Å²) in [7, 11) is 0. The van der Waals surface area contributed by atoms with E-state index in [9.17, 15) is 4.79 Å². The third kappa shape index (κ3) is 4.28. The van der Waals surface area contributed by atoms with E-state index in [1.54, 1.807) is 17.6 Å². The quantitative estimate of drug-likeness (QED) is 0.653. The number of amides is 1. The third-order valence-electron chi connectivity index (χ3n) is 2.74. The van der Waals surface area contributed by atoms with Gasteiger partial charge in [-0.25, -0.2) is 5.43 Å². The van der Waals surface area contributed by atoms with Crippen molar-refractivity contribution in [1.82, 2.24) is 10.3 Å². The van der Waals surface area contributed by atoms with E-state index in [-0.39, 0.29) is 5.91 Å². The Kier molecular flexibility index (Phi) is 4.70. The van der Waals surface area contributed by atoms with Gasteiger partial charge >= 0.3 is 0 Å². The number of hydrogen-bond acceptors (Lipinski definition) is 4. The topological polar surface area (TPSA) is 44.7 Å². The van der Waals surface area contributed by atoms with Crippen LogP contribution in [-0.2, 0) is 4.79 Å². The van der Waals surface area contributed by atoms with Gasteiger partial charge < -0.3 is 0 Å². The summed E-state index contributed by atoms with van der Waals surface area (Å²) in [4.78, 5) is 14.8. The van der Waals surface area contributed by atoms with Gasteiger partial charge in [0.05, 0.1) is 12.8 Å². The van der Waals surface area contributed by atoms with Crippen LogP contribution in [0.5, 0.6) is 0 Å². The van der Waals surface area contributed by atoms with Gasteiger partial charge in [0.1, 0.15) is 0 Å². The van der Waals surface area contributed by atoms with Crippen LogP contribution in [0.3, 0.4) is 0 Å². The molecular weight excluding hydrogens is 234 g/mol. The molecule has 5 heteroatoms. The van der Waals surface area contributed by atoms with E-state index < -0.39 is 0 Å². The summed E-state index contributed by atoms with van der Waals surface area (Å²) in [6.07, 6.45) is 5.37. The zero-order valence-corrected chi connectivity index (χ0v) is 10.6. The first kappa shape index (κ1) is 12.3. The summed E-state index contributed by atoms with van der Waals surface area (Å²) < 4.78 is 0. The molecule has 1 N–H and O–H groups in total. The molecule has 1 aromatic rings. The number of rotatable bonds is 4. The number of nitrogens with zero attached hydrogens (tertiary/aromatic N) is 2. The second kappa shape index (κ2) is 6.51. The predicted octanol–water partition coefficient (Wildman–Crippen LogP) is 1.68. The molecule has 1 amide bonds. The molecule has 2 heterocycles. The van der Waals surface area contributed by atoms with Crippen molar-refractivity contribution in [2.45, 2.75) is 19.3 Å². The largest absolute Gasteiger partial charge is 0.294 e. The lowest BCUT2D eigenvalue weighted by Crippen LogP contribution is -2.38. The van der Waals surface area contributed by atoms with Crippen molar-refractivity contribution >= 4 is 23.5 Å². The van der Waals surface area contributed by atoms with Crippen LogP contribution in [0, 0.1) is 0 Å². The van der Waals surface area contributed by atoms with E-state index in [2.05, 4.69) is 15.4 Å². The monoisotopic (exact) mass is 251 g/mol. The first-order chi connectivity index (χ1) is 8.34. The molecule has 0 unspecified atom stereocenters. The molecule has 0 aliphatic carbocycles. The molecule has 0 spiro atoms. The van der Waals surface area contributed by atoms with Crippen molar-refractivity contribution in [3.63, 3.8) is 0 Å². The highest BCUT2D eigenvalue weighted by molar-refractivity contribution is 7.11. The minimum atomic E-state index is -0.0280. The number of carbonyl (C=O) groups is 1. The molecule has 92 valence electrons. The number of piperidine rings is 1. The van der Waals surface area contributed by atoms with Crippen LogP contribution in [0.4, 0.5) is 0 Å². The molecule has 0 radical (unpaired) electrons. The number of thiophene rings is 1. The van der Waals surface area contributed by atoms with Crippen molar-refractivity contribution in [3.8, 4) is 0 Å². The minimum Gasteiger partial charge on any atom is -0.294 e. The summed E-state index contributed by atoms with van der Waals surface area (Å²) in [5.41, 5.74) is 2.56. The van der Waals surface area contributed by atoms with Gasteiger partial charge in [0, 0.05) is 4.88 Å². The zero-order chi connectivity index (χ0) is 11.9. The Morgan fingerprint density at radius 3 is 3.00 bits per heavy atom. The highest BCUT2D eigenvalue weighted by Crippen LogP contribution is 2.07. The van der Waals surface area contributed by atoms with E-state index in [0.717, 1.165) is 18.0 Å². The van der Waals surface area contributed by atoms with Crippen LogP contribution in [0.25, 0.3) is 0 Å². The first-order valence-corrected chi connectivity index (χ1v) is 6.80. The molecule has 2 rings (SSSR count). The Labute approximate surface area is 105 Å². The minimum absolute atomic E-state index is 0.0280. The smallest absolute Gasteiger partial charge is 0.254 e. The van der Waals surface area contributed by atoms with Gasteiger partial charge in [-0.05, 0) is 37.4 Å². The molecule has 4 nitrogen and oxygen atoms in total. The number of nitrogens with one attached hydrogen (secondary N) is 1. The average molecular weight is 251 g/mol. The van der Waals surface area contributed by atoms with Crippen LogP contribution in [-0.4, -0.2) is 36.7 Å². The van der Waals surface area contributed by atoms with Crippen molar-refractivity contribution in [1.29, 1.82) is 0 Å². The van der Waals surface area contributed by atoms with Gasteiger partial charge in [0.25, 0.3) is 5.91 Å². The summed E-state index contributed by atoms with van der Waals surface area (Å²) in [5, 5.41) is 5.92. The summed E-state index contributed by atoms with van der Waals surface area (Å²) >= 11 is 1.60. The summed E-state index contributed by atoms with van der Waals surface area (Å²) in [5.74, 6) is -0.0280. The molecule has 1 aliphatic heterocycles. The van der Waals surface area contributed by atoms with Gasteiger partial charge in [0.15, 0.2) is 0 Å². The van der Waals surface area contributed by atoms with E-state index >= 15 is 0 Å². The Balaban J connectivity index is 1.70. The second-order valence-electron chi connectivity index (χ2n) is 4.15. The maximum atomic E-state index is 11.6. The highest BCUT2D eigenvalue weighted by Gasteiger charge is 2.12. The maximum absolute atomic E-state index is 11.6. The molecular formula is C12H17N3OS. The van der Waals surface area contributed by atoms with Crippen molar-refractivity contribution in [3.05, 3.63) is 22.4 Å². The summed E-state index contributed by atoms with van der Waals surface area (Å²) in [6, 6.07) is 3.92. The molecule has 0 atom stereocenters. The fraction of sp³-hybridized carbons (Fsp3) is 0.500. The van der Waals surface area contributed by atoms with Crippen LogP contribution in [0.1, 0.15) is 24.1 Å². The fourth-order valence-corrected chi connectivity index (χ4v) is 2.47. The zero-order valence-electron chi connectivity index (χ0n) is 9.76. The third-order valence-corrected chi connectivity index (χ3v) is 3.55. The van der Waals surface area contributed by atoms with Crippen LogP contribution < -0.4 is 5.43 Å². The average Bonchev–Trinajstić information content (AvgIpc) is 2.83. The van der Waals surface area contributed by atoms with E-state index in [1.165, 1.54) is 19.3 Å². The SMILES string of the molecule is O=C(CN1CCCCC1)N/N=C/c1cccs1.